The van der Waals surface area contributed by atoms with Crippen molar-refractivity contribution in [1.29, 1.82) is 5.41 Å². The molecule has 2 unspecified atom stereocenters. The SMILES string of the molecule is CNC(I)C(C=N)/C(=N/N)N(C)N. The number of hydrogen-bond acceptors (Lipinski definition) is 5. The maximum absolute atomic E-state index is 7.23. The highest BCUT2D eigenvalue weighted by atomic mass is 127. The molecule has 0 saturated heterocycles. The van der Waals surface area contributed by atoms with Crippen molar-refractivity contribution in [2.75, 3.05) is 14.1 Å². The molecule has 0 rings (SSSR count). The van der Waals surface area contributed by atoms with Gasteiger partial charge in [-0.05, 0) is 7.05 Å². The fourth-order valence-corrected chi connectivity index (χ4v) is 1.41. The molecule has 0 aliphatic rings. The van der Waals surface area contributed by atoms with Crippen molar-refractivity contribution in [3.8, 4) is 0 Å². The molecule has 0 amide bonds. The van der Waals surface area contributed by atoms with E-state index in [0.717, 1.165) is 0 Å². The number of hydrazone groups is 1. The van der Waals surface area contributed by atoms with Crippen LogP contribution in [0.2, 0.25) is 0 Å². The van der Waals surface area contributed by atoms with Crippen molar-refractivity contribution < 1.29 is 0 Å². The average molecular weight is 298 g/mol. The van der Waals surface area contributed by atoms with Gasteiger partial charge >= 0.3 is 0 Å². The Kier molecular flexibility index (Phi) is 5.91. The van der Waals surface area contributed by atoms with Gasteiger partial charge in [0.1, 0.15) is 5.84 Å². The van der Waals surface area contributed by atoms with E-state index in [1.165, 1.54) is 11.2 Å². The Balaban J connectivity index is 4.64. The van der Waals surface area contributed by atoms with E-state index in [0.29, 0.717) is 5.84 Å². The first-order valence-electron chi connectivity index (χ1n) is 3.66. The normalized spacial score (nSPS) is 16.5. The van der Waals surface area contributed by atoms with Gasteiger partial charge < -0.3 is 16.6 Å². The molecule has 6 nitrogen and oxygen atoms in total. The van der Waals surface area contributed by atoms with Crippen LogP contribution in [0.4, 0.5) is 0 Å². The molecule has 0 aliphatic carbocycles. The molecule has 0 fully saturated rings. The number of amidine groups is 1. The molecule has 0 aromatic rings. The minimum atomic E-state index is -0.217. The molecule has 6 N–H and O–H groups in total. The monoisotopic (exact) mass is 298 g/mol. The van der Waals surface area contributed by atoms with Crippen LogP contribution < -0.4 is 17.0 Å². The van der Waals surface area contributed by atoms with Gasteiger partial charge in [-0.15, -0.1) is 0 Å². The summed E-state index contributed by atoms with van der Waals surface area (Å²) in [6, 6.07) is 0. The predicted octanol–water partition coefficient (Wildman–Crippen LogP) is -0.690. The van der Waals surface area contributed by atoms with E-state index in [1.807, 2.05) is 0 Å². The summed E-state index contributed by atoms with van der Waals surface area (Å²) in [5.74, 6) is 10.9. The summed E-state index contributed by atoms with van der Waals surface area (Å²) in [5.41, 5.74) is 0. The van der Waals surface area contributed by atoms with Gasteiger partial charge in [0.15, 0.2) is 0 Å². The third-order valence-corrected chi connectivity index (χ3v) is 2.96. The number of nitrogens with zero attached hydrogens (tertiary/aromatic N) is 2. The minimum absolute atomic E-state index is 0.0448. The molecule has 0 heterocycles. The van der Waals surface area contributed by atoms with Gasteiger partial charge in [-0.2, -0.15) is 5.10 Å². The zero-order valence-electron chi connectivity index (χ0n) is 7.66. The molecular formula is C6H15IN6. The molecule has 0 aromatic carbocycles. The summed E-state index contributed by atoms with van der Waals surface area (Å²) in [6.45, 7) is 0. The standard InChI is InChI=1S/C6H15IN6/c1-11-5(7)4(3-8)6(12-9)13(2)10/h3-5,8,11H,9-10H2,1-2H3/b8-3?,12-6-. The lowest BCUT2D eigenvalue weighted by Crippen LogP contribution is -2.45. The van der Waals surface area contributed by atoms with E-state index in [1.54, 1.807) is 14.1 Å². The third-order valence-electron chi connectivity index (χ3n) is 1.56. The van der Waals surface area contributed by atoms with Gasteiger partial charge in [0.25, 0.3) is 0 Å². The Morgan fingerprint density at radius 3 is 2.54 bits per heavy atom. The van der Waals surface area contributed by atoms with E-state index >= 15 is 0 Å². The van der Waals surface area contributed by atoms with Crippen molar-refractivity contribution in [2.24, 2.45) is 22.7 Å². The Morgan fingerprint density at radius 2 is 2.31 bits per heavy atom. The topological polar surface area (TPSA) is 104 Å². The van der Waals surface area contributed by atoms with Gasteiger partial charge in [-0.1, -0.05) is 22.6 Å². The lowest BCUT2D eigenvalue weighted by atomic mass is 10.1. The maximum Gasteiger partial charge on any atom is 0.149 e. The van der Waals surface area contributed by atoms with Crippen molar-refractivity contribution >= 4 is 34.6 Å². The van der Waals surface area contributed by atoms with Crippen LogP contribution in [0.25, 0.3) is 0 Å². The lowest BCUT2D eigenvalue weighted by Gasteiger charge is -2.23. The number of nitrogens with two attached hydrogens (primary N) is 2. The second kappa shape index (κ2) is 6.11. The largest absolute Gasteiger partial charge is 0.322 e. The fourth-order valence-electron chi connectivity index (χ4n) is 0.882. The molecule has 2 atom stereocenters. The first-order valence-corrected chi connectivity index (χ1v) is 4.91. The smallest absolute Gasteiger partial charge is 0.149 e. The van der Waals surface area contributed by atoms with Crippen molar-refractivity contribution in [2.45, 2.75) is 4.05 Å². The summed E-state index contributed by atoms with van der Waals surface area (Å²) in [7, 11) is 3.44. The predicted molar refractivity (Wildman–Crippen MR) is 62.7 cm³/mol. The molecule has 0 saturated carbocycles. The number of nitrogens with one attached hydrogen (secondary N) is 2. The number of halogens is 1. The van der Waals surface area contributed by atoms with Crippen LogP contribution in [0.5, 0.6) is 0 Å². The molecule has 76 valence electrons. The number of hydrogen-bond donors (Lipinski definition) is 4. The van der Waals surface area contributed by atoms with E-state index in [2.05, 4.69) is 33.0 Å². The fraction of sp³-hybridized carbons (Fsp3) is 0.667. The summed E-state index contributed by atoms with van der Waals surface area (Å²) in [4.78, 5) is 0. The minimum Gasteiger partial charge on any atom is -0.322 e. The molecule has 0 radical (unpaired) electrons. The molecule has 13 heavy (non-hydrogen) atoms. The summed E-state index contributed by atoms with van der Waals surface area (Å²) in [6.07, 6.45) is 1.27. The highest BCUT2D eigenvalue weighted by Crippen LogP contribution is 2.10. The van der Waals surface area contributed by atoms with Crippen LogP contribution >= 0.6 is 22.6 Å². The van der Waals surface area contributed by atoms with E-state index in [4.69, 9.17) is 17.1 Å². The molecule has 0 aromatic heterocycles. The van der Waals surface area contributed by atoms with Crippen LogP contribution in [0.1, 0.15) is 0 Å². The molecule has 7 heteroatoms. The van der Waals surface area contributed by atoms with Crippen molar-refractivity contribution in [3.05, 3.63) is 0 Å². The molecule has 0 aliphatic heterocycles. The van der Waals surface area contributed by atoms with E-state index in [9.17, 15) is 0 Å². The van der Waals surface area contributed by atoms with Gasteiger partial charge in [-0.25, -0.2) is 5.84 Å². The van der Waals surface area contributed by atoms with Gasteiger partial charge in [0.05, 0.1) is 9.97 Å². The quantitative estimate of drug-likeness (QED) is 0.105. The third kappa shape index (κ3) is 3.44. The van der Waals surface area contributed by atoms with Gasteiger partial charge in [-0.3, -0.25) is 5.01 Å². The van der Waals surface area contributed by atoms with E-state index < -0.39 is 0 Å². The van der Waals surface area contributed by atoms with Gasteiger partial charge in [0, 0.05) is 13.3 Å². The highest BCUT2D eigenvalue weighted by molar-refractivity contribution is 14.1. The molecular weight excluding hydrogens is 283 g/mol. The van der Waals surface area contributed by atoms with Crippen LogP contribution in [0, 0.1) is 11.3 Å². The lowest BCUT2D eigenvalue weighted by molar-refractivity contribution is 0.502. The summed E-state index contributed by atoms with van der Waals surface area (Å²) in [5, 5.41) is 15.1. The number of hydrazine groups is 1. The second-order valence-electron chi connectivity index (χ2n) is 2.48. The number of rotatable bonds is 4. The Morgan fingerprint density at radius 1 is 1.77 bits per heavy atom. The zero-order valence-corrected chi connectivity index (χ0v) is 9.82. The molecule has 0 bridgehead atoms. The Labute approximate surface area is 91.3 Å². The van der Waals surface area contributed by atoms with Crippen LogP contribution in [0.3, 0.4) is 0 Å². The first kappa shape index (κ1) is 12.6. The second-order valence-corrected chi connectivity index (χ2v) is 3.82. The van der Waals surface area contributed by atoms with E-state index in [-0.39, 0.29) is 9.97 Å². The Hall–Kier alpha value is -0.410. The first-order chi connectivity index (χ1) is 6.08. The van der Waals surface area contributed by atoms with Gasteiger partial charge in [0.2, 0.25) is 0 Å². The zero-order chi connectivity index (χ0) is 10.4. The average Bonchev–Trinajstić information content (AvgIpc) is 2.12. The highest BCUT2D eigenvalue weighted by Gasteiger charge is 2.22. The number of alkyl halides is 1. The van der Waals surface area contributed by atoms with Crippen molar-refractivity contribution in [1.82, 2.24) is 10.3 Å². The van der Waals surface area contributed by atoms with Crippen molar-refractivity contribution in [3.63, 3.8) is 0 Å². The van der Waals surface area contributed by atoms with Crippen LogP contribution in [-0.2, 0) is 0 Å². The summed E-state index contributed by atoms with van der Waals surface area (Å²) < 4.78 is 0.0448. The Bertz CT molecular complexity index is 192. The maximum atomic E-state index is 7.23. The summed E-state index contributed by atoms with van der Waals surface area (Å²) >= 11 is 2.16. The van der Waals surface area contributed by atoms with Crippen LogP contribution in [0.15, 0.2) is 5.10 Å². The van der Waals surface area contributed by atoms with Crippen LogP contribution in [-0.4, -0.2) is 35.2 Å². The molecule has 0 spiro atoms.